The van der Waals surface area contributed by atoms with Crippen molar-refractivity contribution in [2.75, 3.05) is 39.3 Å². The fourth-order valence-corrected chi connectivity index (χ4v) is 3.00. The lowest BCUT2D eigenvalue weighted by Crippen LogP contribution is -2.52. The number of carbonyl (C=O) groups excluding carboxylic acids is 1. The van der Waals surface area contributed by atoms with Crippen molar-refractivity contribution in [2.45, 2.75) is 31.7 Å². The third kappa shape index (κ3) is 2.33. The van der Waals surface area contributed by atoms with Crippen LogP contribution in [0.25, 0.3) is 0 Å². The Morgan fingerprint density at radius 1 is 1.00 bits per heavy atom. The Balaban J connectivity index is 1.52. The zero-order chi connectivity index (χ0) is 11.7. The van der Waals surface area contributed by atoms with Crippen molar-refractivity contribution in [1.29, 1.82) is 0 Å². The smallest absolute Gasteiger partial charge is 0.228 e. The average Bonchev–Trinajstić information content (AvgIpc) is 2.38. The van der Waals surface area contributed by atoms with Crippen LogP contribution in [0.15, 0.2) is 0 Å². The highest BCUT2D eigenvalue weighted by atomic mass is 16.2. The Labute approximate surface area is 103 Å². The Bertz CT molecular complexity index is 286. The second kappa shape index (κ2) is 4.94. The molecule has 0 unspecified atom stereocenters. The van der Waals surface area contributed by atoms with Crippen molar-refractivity contribution in [2.24, 2.45) is 5.92 Å². The fourth-order valence-electron chi connectivity index (χ4n) is 3.00. The first-order valence-corrected chi connectivity index (χ1v) is 7.08. The molecule has 1 amide bonds. The minimum atomic E-state index is 0.269. The van der Waals surface area contributed by atoms with E-state index in [9.17, 15) is 4.79 Å². The van der Waals surface area contributed by atoms with Crippen molar-refractivity contribution in [3.05, 3.63) is 0 Å². The first-order chi connectivity index (χ1) is 8.34. The molecule has 4 heteroatoms. The SMILES string of the molecule is O=C(C1CNC1)N1CCCN(C2CCC2)CC1. The van der Waals surface area contributed by atoms with Crippen LogP contribution in [-0.2, 0) is 4.79 Å². The summed E-state index contributed by atoms with van der Waals surface area (Å²) < 4.78 is 0. The number of hydrogen-bond donors (Lipinski definition) is 1. The van der Waals surface area contributed by atoms with Gasteiger partial charge < -0.3 is 10.2 Å². The number of carbonyl (C=O) groups is 1. The van der Waals surface area contributed by atoms with Gasteiger partial charge in [0.2, 0.25) is 5.91 Å². The highest BCUT2D eigenvalue weighted by Gasteiger charge is 2.32. The standard InChI is InChI=1S/C13H23N3O/c17-13(11-9-14-10-11)16-6-2-5-15(7-8-16)12-3-1-4-12/h11-12,14H,1-10H2. The fraction of sp³-hybridized carbons (Fsp3) is 0.923. The van der Waals surface area contributed by atoms with E-state index in [2.05, 4.69) is 15.1 Å². The maximum Gasteiger partial charge on any atom is 0.228 e. The molecule has 1 saturated carbocycles. The highest BCUT2D eigenvalue weighted by Crippen LogP contribution is 2.25. The Kier molecular flexibility index (Phi) is 3.34. The summed E-state index contributed by atoms with van der Waals surface area (Å²) in [6.07, 6.45) is 5.31. The van der Waals surface area contributed by atoms with Crippen LogP contribution in [0.4, 0.5) is 0 Å². The van der Waals surface area contributed by atoms with Crippen LogP contribution in [0.5, 0.6) is 0 Å². The second-order valence-electron chi connectivity index (χ2n) is 5.65. The lowest BCUT2D eigenvalue weighted by Gasteiger charge is -2.37. The Morgan fingerprint density at radius 3 is 2.41 bits per heavy atom. The van der Waals surface area contributed by atoms with E-state index in [0.717, 1.165) is 45.2 Å². The highest BCUT2D eigenvalue weighted by molar-refractivity contribution is 5.80. The predicted octanol–water partition coefficient (Wildman–Crippen LogP) is 0.293. The molecule has 3 rings (SSSR count). The molecule has 3 aliphatic rings. The van der Waals surface area contributed by atoms with E-state index >= 15 is 0 Å². The van der Waals surface area contributed by atoms with Gasteiger partial charge in [-0.15, -0.1) is 0 Å². The molecule has 2 aliphatic heterocycles. The van der Waals surface area contributed by atoms with E-state index in [4.69, 9.17) is 0 Å². The van der Waals surface area contributed by atoms with E-state index in [1.165, 1.54) is 25.8 Å². The summed E-state index contributed by atoms with van der Waals surface area (Å²) >= 11 is 0. The maximum absolute atomic E-state index is 12.2. The summed E-state index contributed by atoms with van der Waals surface area (Å²) in [5.74, 6) is 0.657. The van der Waals surface area contributed by atoms with Gasteiger partial charge in [0.1, 0.15) is 0 Å². The van der Waals surface area contributed by atoms with Gasteiger partial charge in [0.05, 0.1) is 5.92 Å². The van der Waals surface area contributed by atoms with Gasteiger partial charge in [-0.05, 0) is 19.3 Å². The zero-order valence-corrected chi connectivity index (χ0v) is 10.5. The molecule has 2 heterocycles. The van der Waals surface area contributed by atoms with Gasteiger partial charge in [-0.3, -0.25) is 9.69 Å². The van der Waals surface area contributed by atoms with E-state index < -0.39 is 0 Å². The number of rotatable bonds is 2. The van der Waals surface area contributed by atoms with E-state index in [-0.39, 0.29) is 5.92 Å². The third-order valence-corrected chi connectivity index (χ3v) is 4.56. The molecule has 96 valence electrons. The average molecular weight is 237 g/mol. The molecule has 1 N–H and O–H groups in total. The largest absolute Gasteiger partial charge is 0.341 e. The van der Waals surface area contributed by atoms with Crippen LogP contribution in [0.2, 0.25) is 0 Å². The Morgan fingerprint density at radius 2 is 1.82 bits per heavy atom. The molecule has 0 aromatic rings. The minimum Gasteiger partial charge on any atom is -0.341 e. The van der Waals surface area contributed by atoms with Gasteiger partial charge in [-0.2, -0.15) is 0 Å². The van der Waals surface area contributed by atoms with Gasteiger partial charge in [-0.1, -0.05) is 6.42 Å². The van der Waals surface area contributed by atoms with Crippen LogP contribution < -0.4 is 5.32 Å². The van der Waals surface area contributed by atoms with Crippen LogP contribution in [0.3, 0.4) is 0 Å². The molecule has 3 fully saturated rings. The molecule has 0 aromatic carbocycles. The number of amides is 1. The van der Waals surface area contributed by atoms with Crippen LogP contribution in [-0.4, -0.2) is 61.0 Å². The normalized spacial score (nSPS) is 28.4. The van der Waals surface area contributed by atoms with Crippen LogP contribution >= 0.6 is 0 Å². The quantitative estimate of drug-likeness (QED) is 0.750. The third-order valence-electron chi connectivity index (χ3n) is 4.56. The van der Waals surface area contributed by atoms with E-state index in [1.54, 1.807) is 0 Å². The summed E-state index contributed by atoms with van der Waals surface area (Å²) in [7, 11) is 0. The van der Waals surface area contributed by atoms with E-state index in [0.29, 0.717) is 5.91 Å². The number of hydrogen-bond acceptors (Lipinski definition) is 3. The predicted molar refractivity (Wildman–Crippen MR) is 66.8 cm³/mol. The van der Waals surface area contributed by atoms with Crippen molar-refractivity contribution >= 4 is 5.91 Å². The number of nitrogens with zero attached hydrogens (tertiary/aromatic N) is 2. The van der Waals surface area contributed by atoms with Gasteiger partial charge >= 0.3 is 0 Å². The van der Waals surface area contributed by atoms with Gasteiger partial charge in [0, 0.05) is 45.3 Å². The summed E-state index contributed by atoms with van der Waals surface area (Å²) in [6.45, 7) is 5.99. The molecular formula is C13H23N3O. The molecule has 1 aliphatic carbocycles. The lowest BCUT2D eigenvalue weighted by molar-refractivity contribution is -0.137. The maximum atomic E-state index is 12.2. The van der Waals surface area contributed by atoms with Gasteiger partial charge in [-0.25, -0.2) is 0 Å². The summed E-state index contributed by atoms with van der Waals surface area (Å²) in [6, 6.07) is 0.829. The van der Waals surface area contributed by atoms with E-state index in [1.807, 2.05) is 0 Å². The van der Waals surface area contributed by atoms with Crippen molar-refractivity contribution in [1.82, 2.24) is 15.1 Å². The Hall–Kier alpha value is -0.610. The first-order valence-electron chi connectivity index (χ1n) is 7.08. The van der Waals surface area contributed by atoms with Crippen molar-refractivity contribution < 1.29 is 4.79 Å². The molecule has 0 radical (unpaired) electrons. The molecule has 4 nitrogen and oxygen atoms in total. The van der Waals surface area contributed by atoms with Gasteiger partial charge in [0.15, 0.2) is 0 Å². The molecule has 0 bridgehead atoms. The van der Waals surface area contributed by atoms with Gasteiger partial charge in [0.25, 0.3) is 0 Å². The summed E-state index contributed by atoms with van der Waals surface area (Å²) in [5, 5.41) is 3.18. The molecule has 0 aromatic heterocycles. The molecule has 2 saturated heterocycles. The van der Waals surface area contributed by atoms with Crippen LogP contribution in [0, 0.1) is 5.92 Å². The van der Waals surface area contributed by atoms with Crippen LogP contribution in [0.1, 0.15) is 25.7 Å². The lowest BCUT2D eigenvalue weighted by atomic mass is 9.91. The minimum absolute atomic E-state index is 0.269. The number of nitrogens with one attached hydrogen (secondary N) is 1. The molecular weight excluding hydrogens is 214 g/mol. The second-order valence-corrected chi connectivity index (χ2v) is 5.65. The van der Waals surface area contributed by atoms with Crippen molar-refractivity contribution in [3.63, 3.8) is 0 Å². The topological polar surface area (TPSA) is 35.6 Å². The monoisotopic (exact) mass is 237 g/mol. The molecule has 17 heavy (non-hydrogen) atoms. The first kappa shape index (κ1) is 11.5. The molecule has 0 spiro atoms. The zero-order valence-electron chi connectivity index (χ0n) is 10.5. The summed E-state index contributed by atoms with van der Waals surface area (Å²) in [4.78, 5) is 16.9. The molecule has 0 atom stereocenters. The van der Waals surface area contributed by atoms with Crippen molar-refractivity contribution in [3.8, 4) is 0 Å². The summed E-state index contributed by atoms with van der Waals surface area (Å²) in [5.41, 5.74) is 0.